The number of aromatic nitrogens is 2. The third-order valence-corrected chi connectivity index (χ3v) is 4.16. The Kier molecular flexibility index (Phi) is 3.57. The van der Waals surface area contributed by atoms with Crippen LogP contribution in [-0.4, -0.2) is 22.7 Å². The van der Waals surface area contributed by atoms with Gasteiger partial charge in [0.25, 0.3) is 0 Å². The van der Waals surface area contributed by atoms with Gasteiger partial charge in [0, 0.05) is 24.0 Å². The molecule has 1 aliphatic rings. The first kappa shape index (κ1) is 14.6. The van der Waals surface area contributed by atoms with E-state index in [4.69, 9.17) is 9.26 Å². The Morgan fingerprint density at radius 3 is 2.58 bits per heavy atom. The first-order chi connectivity index (χ1) is 11.7. The number of hydrogen-bond donors (Lipinski definition) is 0. The lowest BCUT2D eigenvalue weighted by Crippen LogP contribution is -2.12. The summed E-state index contributed by atoms with van der Waals surface area (Å²) in [5, 5.41) is 4.07. The van der Waals surface area contributed by atoms with E-state index in [2.05, 4.69) is 10.1 Å². The third-order valence-electron chi connectivity index (χ3n) is 4.16. The second-order valence-electron chi connectivity index (χ2n) is 5.62. The van der Waals surface area contributed by atoms with Crippen LogP contribution in [0.25, 0.3) is 11.3 Å². The fourth-order valence-corrected chi connectivity index (χ4v) is 2.93. The average molecular weight is 324 g/mol. The maximum absolute atomic E-state index is 13.1. The molecule has 0 amide bonds. The first-order valence-electron chi connectivity index (χ1n) is 7.51. The van der Waals surface area contributed by atoms with Gasteiger partial charge in [-0.1, -0.05) is 17.3 Å². The summed E-state index contributed by atoms with van der Waals surface area (Å²) < 4.78 is 23.8. The quantitative estimate of drug-likeness (QED) is 0.692. The van der Waals surface area contributed by atoms with Gasteiger partial charge in [-0.05, 0) is 29.8 Å². The molecule has 5 nitrogen and oxygen atoms in total. The largest absolute Gasteiger partial charge is 0.464 e. The molecule has 6 heteroatoms. The maximum atomic E-state index is 13.1. The molecule has 0 N–H and O–H groups in total. The zero-order valence-electron chi connectivity index (χ0n) is 12.6. The van der Waals surface area contributed by atoms with Crippen LogP contribution in [-0.2, 0) is 9.53 Å². The number of benzene rings is 1. The minimum Gasteiger partial charge on any atom is -0.464 e. The topological polar surface area (TPSA) is 65.2 Å². The van der Waals surface area contributed by atoms with Gasteiger partial charge in [-0.2, -0.15) is 0 Å². The normalized spacial score (nSPS) is 20.1. The lowest BCUT2D eigenvalue weighted by atomic mass is 9.86. The summed E-state index contributed by atoms with van der Waals surface area (Å²) >= 11 is 0. The molecule has 2 unspecified atom stereocenters. The van der Waals surface area contributed by atoms with Gasteiger partial charge >= 0.3 is 5.97 Å². The van der Waals surface area contributed by atoms with E-state index in [1.54, 1.807) is 30.6 Å². The van der Waals surface area contributed by atoms with Crippen molar-refractivity contribution < 1.29 is 18.4 Å². The smallest absolute Gasteiger partial charge is 0.314 e. The Balaban J connectivity index is 1.67. The van der Waals surface area contributed by atoms with Gasteiger partial charge in [0.2, 0.25) is 0 Å². The molecule has 2 atom stereocenters. The summed E-state index contributed by atoms with van der Waals surface area (Å²) in [5.74, 6) is -0.924. The number of cyclic esters (lactones) is 1. The van der Waals surface area contributed by atoms with E-state index in [0.717, 1.165) is 5.56 Å². The lowest BCUT2D eigenvalue weighted by Gasteiger charge is -2.12. The van der Waals surface area contributed by atoms with Crippen molar-refractivity contribution in [3.63, 3.8) is 0 Å². The Morgan fingerprint density at radius 2 is 1.83 bits per heavy atom. The SMILES string of the molecule is O=C1OCC(c2cc(-c3ccncc3)no2)C1c1ccc(F)cc1. The summed E-state index contributed by atoms with van der Waals surface area (Å²) in [5.41, 5.74) is 2.25. The average Bonchev–Trinajstić information content (AvgIpc) is 3.23. The Hall–Kier alpha value is -3.02. The molecule has 3 heterocycles. The lowest BCUT2D eigenvalue weighted by molar-refractivity contribution is -0.139. The number of pyridine rings is 1. The molecule has 4 rings (SSSR count). The van der Waals surface area contributed by atoms with Crippen molar-refractivity contribution in [3.8, 4) is 11.3 Å². The number of carbonyl (C=O) groups excluding carboxylic acids is 1. The molecular weight excluding hydrogens is 311 g/mol. The molecule has 0 bridgehead atoms. The third kappa shape index (κ3) is 2.56. The Morgan fingerprint density at radius 1 is 1.08 bits per heavy atom. The second-order valence-corrected chi connectivity index (χ2v) is 5.62. The van der Waals surface area contributed by atoms with Crippen LogP contribution in [0.3, 0.4) is 0 Å². The van der Waals surface area contributed by atoms with Crippen LogP contribution >= 0.6 is 0 Å². The number of esters is 1. The number of carbonyl (C=O) groups is 1. The van der Waals surface area contributed by atoms with E-state index >= 15 is 0 Å². The van der Waals surface area contributed by atoms with Crippen LogP contribution in [0.4, 0.5) is 4.39 Å². The molecule has 2 aromatic heterocycles. The standard InChI is InChI=1S/C18H13FN2O3/c19-13-3-1-12(2-4-13)17-14(10-23-18(17)22)16-9-15(21-24-16)11-5-7-20-8-6-11/h1-9,14,17H,10H2. The van der Waals surface area contributed by atoms with Gasteiger partial charge in [-0.25, -0.2) is 4.39 Å². The fraction of sp³-hybridized carbons (Fsp3) is 0.167. The van der Waals surface area contributed by atoms with E-state index in [-0.39, 0.29) is 24.3 Å². The van der Waals surface area contributed by atoms with E-state index < -0.39 is 5.92 Å². The van der Waals surface area contributed by atoms with Gasteiger partial charge in [0.05, 0.1) is 11.8 Å². The van der Waals surface area contributed by atoms with E-state index in [9.17, 15) is 9.18 Å². The van der Waals surface area contributed by atoms with Crippen LogP contribution in [0, 0.1) is 5.82 Å². The van der Waals surface area contributed by atoms with Crippen molar-refractivity contribution >= 4 is 5.97 Å². The van der Waals surface area contributed by atoms with Gasteiger partial charge in [-0.15, -0.1) is 0 Å². The van der Waals surface area contributed by atoms with E-state index in [1.165, 1.54) is 12.1 Å². The molecule has 0 saturated carbocycles. The summed E-state index contributed by atoms with van der Waals surface area (Å²) in [6.07, 6.45) is 3.35. The van der Waals surface area contributed by atoms with Gasteiger partial charge in [0.15, 0.2) is 0 Å². The zero-order valence-corrected chi connectivity index (χ0v) is 12.6. The van der Waals surface area contributed by atoms with Crippen molar-refractivity contribution in [2.75, 3.05) is 6.61 Å². The molecule has 24 heavy (non-hydrogen) atoms. The molecule has 120 valence electrons. The number of halogens is 1. The highest BCUT2D eigenvalue weighted by Gasteiger charge is 2.41. The van der Waals surface area contributed by atoms with Crippen molar-refractivity contribution in [1.29, 1.82) is 0 Å². The van der Waals surface area contributed by atoms with Crippen LogP contribution in [0.5, 0.6) is 0 Å². The Bertz CT molecular complexity index is 861. The minimum absolute atomic E-state index is 0.214. The molecule has 1 fully saturated rings. The number of nitrogens with zero attached hydrogens (tertiary/aromatic N) is 2. The van der Waals surface area contributed by atoms with Crippen LogP contribution in [0.1, 0.15) is 23.2 Å². The summed E-state index contributed by atoms with van der Waals surface area (Å²) in [6, 6.07) is 11.3. The summed E-state index contributed by atoms with van der Waals surface area (Å²) in [4.78, 5) is 16.1. The summed E-state index contributed by atoms with van der Waals surface area (Å²) in [7, 11) is 0. The molecule has 0 radical (unpaired) electrons. The Labute approximate surface area is 137 Å². The maximum Gasteiger partial charge on any atom is 0.314 e. The zero-order chi connectivity index (χ0) is 16.5. The number of ether oxygens (including phenoxy) is 1. The molecule has 1 saturated heterocycles. The molecule has 3 aromatic rings. The van der Waals surface area contributed by atoms with Crippen LogP contribution in [0.15, 0.2) is 59.4 Å². The molecule has 0 spiro atoms. The van der Waals surface area contributed by atoms with Crippen molar-refractivity contribution in [2.45, 2.75) is 11.8 Å². The highest BCUT2D eigenvalue weighted by atomic mass is 19.1. The summed E-state index contributed by atoms with van der Waals surface area (Å²) in [6.45, 7) is 0.214. The molecule has 0 aliphatic carbocycles. The van der Waals surface area contributed by atoms with E-state index in [1.807, 2.05) is 12.1 Å². The molecule has 1 aliphatic heterocycles. The van der Waals surface area contributed by atoms with Crippen LogP contribution in [0.2, 0.25) is 0 Å². The van der Waals surface area contributed by atoms with Crippen molar-refractivity contribution in [2.24, 2.45) is 0 Å². The highest BCUT2D eigenvalue weighted by molar-refractivity contribution is 5.81. The van der Waals surface area contributed by atoms with E-state index in [0.29, 0.717) is 17.0 Å². The molecular formula is C18H13FN2O3. The minimum atomic E-state index is -0.524. The van der Waals surface area contributed by atoms with Gasteiger partial charge in [0.1, 0.15) is 23.9 Å². The molecule has 1 aromatic carbocycles. The fourth-order valence-electron chi connectivity index (χ4n) is 2.93. The monoisotopic (exact) mass is 324 g/mol. The number of hydrogen-bond acceptors (Lipinski definition) is 5. The van der Waals surface area contributed by atoms with Crippen molar-refractivity contribution in [3.05, 3.63) is 72.0 Å². The van der Waals surface area contributed by atoms with Crippen LogP contribution < -0.4 is 0 Å². The second kappa shape index (κ2) is 5.88. The first-order valence-corrected chi connectivity index (χ1v) is 7.51. The van der Waals surface area contributed by atoms with Gasteiger partial charge < -0.3 is 9.26 Å². The van der Waals surface area contributed by atoms with Crippen molar-refractivity contribution in [1.82, 2.24) is 10.1 Å². The number of rotatable bonds is 3. The predicted molar refractivity (Wildman–Crippen MR) is 82.6 cm³/mol. The highest BCUT2D eigenvalue weighted by Crippen LogP contribution is 2.40. The van der Waals surface area contributed by atoms with Gasteiger partial charge in [-0.3, -0.25) is 9.78 Å². The predicted octanol–water partition coefficient (Wildman–Crippen LogP) is 3.30.